The number of nitrogens with zero attached hydrogens (tertiary/aromatic N) is 3. The Bertz CT molecular complexity index is 651. The summed E-state index contributed by atoms with van der Waals surface area (Å²) in [4.78, 5) is 10.0. The zero-order valence-corrected chi connectivity index (χ0v) is 9.96. The van der Waals surface area contributed by atoms with Gasteiger partial charge >= 0.3 is 6.18 Å². The highest BCUT2D eigenvalue weighted by Crippen LogP contribution is 2.29. The Morgan fingerprint density at radius 2 is 2.10 bits per heavy atom. The van der Waals surface area contributed by atoms with Gasteiger partial charge in [-0.15, -0.1) is 0 Å². The molecule has 0 unspecified atom stereocenters. The van der Waals surface area contributed by atoms with Crippen molar-refractivity contribution in [1.29, 1.82) is 0 Å². The van der Waals surface area contributed by atoms with Crippen molar-refractivity contribution in [2.24, 2.45) is 0 Å². The summed E-state index contributed by atoms with van der Waals surface area (Å²) in [5.41, 5.74) is 5.15. The van der Waals surface area contributed by atoms with E-state index in [4.69, 9.17) is 5.73 Å². The summed E-state index contributed by atoms with van der Waals surface area (Å²) >= 11 is 0. The van der Waals surface area contributed by atoms with Crippen molar-refractivity contribution in [3.05, 3.63) is 51.8 Å². The molecule has 0 aliphatic rings. The Hall–Kier alpha value is -2.58. The van der Waals surface area contributed by atoms with E-state index in [1.165, 1.54) is 18.2 Å². The lowest BCUT2D eigenvalue weighted by molar-refractivity contribution is -0.384. The van der Waals surface area contributed by atoms with Gasteiger partial charge in [-0.05, 0) is 6.07 Å². The summed E-state index contributed by atoms with van der Waals surface area (Å²) in [7, 11) is 0. The summed E-state index contributed by atoms with van der Waals surface area (Å²) in [6.07, 6.45) is -2.97. The molecule has 0 aliphatic carbocycles. The predicted molar refractivity (Wildman–Crippen MR) is 63.8 cm³/mol. The number of halogens is 3. The maximum atomic E-state index is 12.4. The number of nitrogens with two attached hydrogens (primary N) is 1. The number of hydrogen-bond donors (Lipinski definition) is 1. The fraction of sp³-hybridized carbons (Fsp3) is 0.182. The molecule has 2 rings (SSSR count). The molecule has 6 nitrogen and oxygen atoms in total. The minimum atomic E-state index is -4.48. The van der Waals surface area contributed by atoms with Gasteiger partial charge in [-0.25, -0.2) is 0 Å². The molecule has 2 aromatic rings. The molecule has 0 fully saturated rings. The molecule has 0 bridgehead atoms. The molecule has 0 amide bonds. The van der Waals surface area contributed by atoms with Crippen molar-refractivity contribution < 1.29 is 18.1 Å². The minimum absolute atomic E-state index is 0.0798. The summed E-state index contributed by atoms with van der Waals surface area (Å²) in [5.74, 6) is 0. The quantitative estimate of drug-likeness (QED) is 0.533. The molecule has 0 saturated heterocycles. The largest absolute Gasteiger partial charge is 0.419 e. The second kappa shape index (κ2) is 4.83. The standard InChI is InChI=1S/C11H9F3N4O2/c12-11(13,14)8-4-16-17(6-8)5-7-3-9(18(19)20)1-2-10(7)15/h1-4,6H,5,15H2. The van der Waals surface area contributed by atoms with E-state index in [1.54, 1.807) is 0 Å². The van der Waals surface area contributed by atoms with Gasteiger partial charge in [0.15, 0.2) is 0 Å². The second-order valence-electron chi connectivity index (χ2n) is 4.06. The van der Waals surface area contributed by atoms with Crippen LogP contribution < -0.4 is 5.73 Å². The fourth-order valence-corrected chi connectivity index (χ4v) is 1.61. The molecule has 1 aromatic carbocycles. The average Bonchev–Trinajstić information content (AvgIpc) is 2.80. The van der Waals surface area contributed by atoms with Crippen LogP contribution in [0.1, 0.15) is 11.1 Å². The first-order valence-electron chi connectivity index (χ1n) is 5.40. The van der Waals surface area contributed by atoms with Crippen molar-refractivity contribution in [1.82, 2.24) is 9.78 Å². The van der Waals surface area contributed by atoms with E-state index in [9.17, 15) is 23.3 Å². The number of nitro benzene ring substituents is 1. The molecule has 0 atom stereocenters. The topological polar surface area (TPSA) is 87.0 Å². The number of anilines is 1. The third kappa shape index (κ3) is 2.87. The normalized spacial score (nSPS) is 11.6. The Labute approximate surface area is 110 Å². The van der Waals surface area contributed by atoms with Gasteiger partial charge < -0.3 is 5.73 Å². The molecule has 106 valence electrons. The molecule has 9 heteroatoms. The highest BCUT2D eigenvalue weighted by atomic mass is 19.4. The van der Waals surface area contributed by atoms with Gasteiger partial charge in [-0.1, -0.05) is 0 Å². The number of nitrogen functional groups attached to an aromatic ring is 1. The Balaban J connectivity index is 2.28. The van der Waals surface area contributed by atoms with Crippen LogP contribution in [0.2, 0.25) is 0 Å². The molecule has 1 heterocycles. The van der Waals surface area contributed by atoms with Crippen LogP contribution in [0.4, 0.5) is 24.5 Å². The summed E-state index contributed by atoms with van der Waals surface area (Å²) < 4.78 is 38.3. The highest BCUT2D eigenvalue weighted by molar-refractivity contribution is 5.52. The van der Waals surface area contributed by atoms with E-state index in [0.717, 1.165) is 10.9 Å². The van der Waals surface area contributed by atoms with Gasteiger partial charge in [0.05, 0.1) is 23.2 Å². The van der Waals surface area contributed by atoms with Gasteiger partial charge in [0.25, 0.3) is 5.69 Å². The molecule has 0 radical (unpaired) electrons. The zero-order chi connectivity index (χ0) is 14.9. The fourth-order valence-electron chi connectivity index (χ4n) is 1.61. The molecule has 0 aliphatic heterocycles. The van der Waals surface area contributed by atoms with Gasteiger partial charge in [0.1, 0.15) is 0 Å². The van der Waals surface area contributed by atoms with Crippen LogP contribution in [0, 0.1) is 10.1 Å². The lowest BCUT2D eigenvalue weighted by Crippen LogP contribution is -2.05. The Morgan fingerprint density at radius 1 is 1.40 bits per heavy atom. The van der Waals surface area contributed by atoms with Crippen LogP contribution in [0.5, 0.6) is 0 Å². The monoisotopic (exact) mass is 286 g/mol. The number of rotatable bonds is 3. The van der Waals surface area contributed by atoms with Crippen LogP contribution >= 0.6 is 0 Å². The van der Waals surface area contributed by atoms with E-state index >= 15 is 0 Å². The first kappa shape index (κ1) is 13.8. The SMILES string of the molecule is Nc1ccc([N+](=O)[O-])cc1Cn1cc(C(F)(F)F)cn1. The molecule has 0 saturated carbocycles. The Morgan fingerprint density at radius 3 is 2.65 bits per heavy atom. The van der Waals surface area contributed by atoms with Crippen molar-refractivity contribution in [3.8, 4) is 0 Å². The molecule has 2 N–H and O–H groups in total. The van der Waals surface area contributed by atoms with Gasteiger partial charge in [-0.2, -0.15) is 18.3 Å². The van der Waals surface area contributed by atoms with E-state index in [0.29, 0.717) is 11.8 Å². The van der Waals surface area contributed by atoms with Crippen molar-refractivity contribution in [2.45, 2.75) is 12.7 Å². The smallest absolute Gasteiger partial charge is 0.398 e. The van der Waals surface area contributed by atoms with E-state index in [2.05, 4.69) is 5.10 Å². The van der Waals surface area contributed by atoms with Crippen molar-refractivity contribution in [2.75, 3.05) is 5.73 Å². The first-order chi connectivity index (χ1) is 9.27. The number of nitro groups is 1. The highest BCUT2D eigenvalue weighted by Gasteiger charge is 2.32. The van der Waals surface area contributed by atoms with Crippen LogP contribution in [0.15, 0.2) is 30.6 Å². The van der Waals surface area contributed by atoms with Crippen LogP contribution in [-0.4, -0.2) is 14.7 Å². The van der Waals surface area contributed by atoms with E-state index < -0.39 is 16.7 Å². The molecular weight excluding hydrogens is 277 g/mol. The molecule has 0 spiro atoms. The number of alkyl halides is 3. The summed E-state index contributed by atoms with van der Waals surface area (Å²) in [6.45, 7) is -0.0798. The molecular formula is C11H9F3N4O2. The van der Waals surface area contributed by atoms with Gasteiger partial charge in [0, 0.05) is 29.6 Å². The third-order valence-corrected chi connectivity index (χ3v) is 2.63. The minimum Gasteiger partial charge on any atom is -0.398 e. The van der Waals surface area contributed by atoms with Gasteiger partial charge in [-0.3, -0.25) is 14.8 Å². The zero-order valence-electron chi connectivity index (χ0n) is 9.96. The van der Waals surface area contributed by atoms with Crippen molar-refractivity contribution >= 4 is 11.4 Å². The predicted octanol–water partition coefficient (Wildman–Crippen LogP) is 2.44. The maximum absolute atomic E-state index is 12.4. The second-order valence-corrected chi connectivity index (χ2v) is 4.06. The van der Waals surface area contributed by atoms with Crippen LogP contribution in [-0.2, 0) is 12.7 Å². The third-order valence-electron chi connectivity index (χ3n) is 2.63. The maximum Gasteiger partial charge on any atom is 0.419 e. The lowest BCUT2D eigenvalue weighted by atomic mass is 10.1. The number of non-ortho nitro benzene ring substituents is 1. The number of aromatic nitrogens is 2. The van der Waals surface area contributed by atoms with Gasteiger partial charge in [0.2, 0.25) is 0 Å². The lowest BCUT2D eigenvalue weighted by Gasteiger charge is -2.06. The first-order valence-corrected chi connectivity index (χ1v) is 5.40. The molecule has 20 heavy (non-hydrogen) atoms. The van der Waals surface area contributed by atoms with E-state index in [1.807, 2.05) is 0 Å². The number of benzene rings is 1. The van der Waals surface area contributed by atoms with Crippen LogP contribution in [0.25, 0.3) is 0 Å². The summed E-state index contributed by atoms with van der Waals surface area (Å²) in [6, 6.07) is 3.77. The number of hydrogen-bond acceptors (Lipinski definition) is 4. The van der Waals surface area contributed by atoms with Crippen molar-refractivity contribution in [3.63, 3.8) is 0 Å². The molecule has 1 aromatic heterocycles. The Kier molecular flexibility index (Phi) is 3.35. The van der Waals surface area contributed by atoms with E-state index in [-0.39, 0.29) is 17.9 Å². The van der Waals surface area contributed by atoms with Crippen LogP contribution in [0.3, 0.4) is 0 Å². The average molecular weight is 286 g/mol. The summed E-state index contributed by atoms with van der Waals surface area (Å²) in [5, 5.41) is 14.2.